The molecule has 0 aromatic heterocycles. The Hall–Kier alpha value is -1.42. The maximum atomic E-state index is 8.56. The zero-order chi connectivity index (χ0) is 12.3. The van der Waals surface area contributed by atoms with Crippen LogP contribution in [0.5, 0.6) is 5.75 Å². The summed E-state index contributed by atoms with van der Waals surface area (Å²) in [6.07, 6.45) is 2.63. The van der Waals surface area contributed by atoms with Crippen LogP contribution in [0.15, 0.2) is 29.4 Å². The van der Waals surface area contributed by atoms with Gasteiger partial charge >= 0.3 is 0 Å². The first kappa shape index (κ1) is 12.0. The van der Waals surface area contributed by atoms with Gasteiger partial charge in [-0.15, -0.1) is 0 Å². The lowest BCUT2D eigenvalue weighted by Gasteiger charge is -2.15. The molecule has 92 valence electrons. The summed E-state index contributed by atoms with van der Waals surface area (Å²) in [5.41, 5.74) is 5.54. The summed E-state index contributed by atoms with van der Waals surface area (Å²) in [6, 6.07) is 7.37. The summed E-state index contributed by atoms with van der Waals surface area (Å²) < 4.78 is 5.69. The largest absolute Gasteiger partial charge is 0.491 e. The van der Waals surface area contributed by atoms with Gasteiger partial charge in [-0.25, -0.2) is 0 Å². The van der Waals surface area contributed by atoms with E-state index in [1.54, 1.807) is 6.07 Å². The molecule has 0 bridgehead atoms. The van der Waals surface area contributed by atoms with Crippen molar-refractivity contribution in [1.29, 1.82) is 0 Å². The van der Waals surface area contributed by atoms with Crippen LogP contribution < -0.4 is 10.5 Å². The molecular weight excluding hydrogens is 240 g/mol. The maximum absolute atomic E-state index is 8.56. The van der Waals surface area contributed by atoms with Gasteiger partial charge in [-0.1, -0.05) is 28.9 Å². The molecule has 5 heteroatoms. The number of benzene rings is 1. The predicted octanol–water partition coefficient (Wildman–Crippen LogP) is 2.64. The van der Waals surface area contributed by atoms with Crippen LogP contribution in [-0.2, 0) is 0 Å². The minimum atomic E-state index is 0.0233. The number of nitrogens with zero attached hydrogens (tertiary/aromatic N) is 1. The minimum Gasteiger partial charge on any atom is -0.491 e. The van der Waals surface area contributed by atoms with Crippen molar-refractivity contribution in [2.24, 2.45) is 16.3 Å². The molecule has 0 heterocycles. The van der Waals surface area contributed by atoms with Gasteiger partial charge in [0.15, 0.2) is 0 Å². The van der Waals surface area contributed by atoms with Crippen LogP contribution in [0.3, 0.4) is 0 Å². The molecule has 17 heavy (non-hydrogen) atoms. The lowest BCUT2D eigenvalue weighted by Crippen LogP contribution is -2.22. The lowest BCUT2D eigenvalue weighted by atomic mass is 10.0. The first-order valence-corrected chi connectivity index (χ1v) is 5.87. The van der Waals surface area contributed by atoms with Crippen LogP contribution in [0.2, 0.25) is 5.02 Å². The summed E-state index contributed by atoms with van der Waals surface area (Å²) >= 11 is 5.99. The van der Waals surface area contributed by atoms with Crippen molar-refractivity contribution in [3.05, 3.63) is 29.3 Å². The van der Waals surface area contributed by atoms with Crippen molar-refractivity contribution in [3.8, 4) is 5.75 Å². The molecule has 1 saturated carbocycles. The summed E-state index contributed by atoms with van der Waals surface area (Å²) in [5.74, 6) is 0.935. The number of nitrogens with two attached hydrogens (primary N) is 1. The Morgan fingerprint density at radius 3 is 2.76 bits per heavy atom. The van der Waals surface area contributed by atoms with Crippen molar-refractivity contribution in [3.63, 3.8) is 0 Å². The van der Waals surface area contributed by atoms with Gasteiger partial charge in [-0.2, -0.15) is 0 Å². The molecule has 0 unspecified atom stereocenters. The Kier molecular flexibility index (Phi) is 3.43. The molecule has 0 aliphatic heterocycles. The van der Waals surface area contributed by atoms with Gasteiger partial charge in [0.1, 0.15) is 11.6 Å². The highest BCUT2D eigenvalue weighted by molar-refractivity contribution is 6.32. The second kappa shape index (κ2) is 4.84. The Bertz CT molecular complexity index is 430. The number of hydrogen-bond acceptors (Lipinski definition) is 3. The standard InChI is InChI=1S/C12H15ClN2O2/c13-9-3-1-2-4-10(9)17-8-12(5-6-12)7-11(14)15-16/h1-4,16H,5-8H2,(H2,14,15). The fourth-order valence-electron chi connectivity index (χ4n) is 1.76. The van der Waals surface area contributed by atoms with E-state index >= 15 is 0 Å². The van der Waals surface area contributed by atoms with E-state index < -0.39 is 0 Å². The smallest absolute Gasteiger partial charge is 0.139 e. The Morgan fingerprint density at radius 1 is 1.47 bits per heavy atom. The van der Waals surface area contributed by atoms with Crippen LogP contribution in [0.1, 0.15) is 19.3 Å². The highest BCUT2D eigenvalue weighted by atomic mass is 35.5. The Morgan fingerprint density at radius 2 is 2.18 bits per heavy atom. The molecule has 0 atom stereocenters. The van der Waals surface area contributed by atoms with E-state index in [0.717, 1.165) is 12.8 Å². The third-order valence-corrected chi connectivity index (χ3v) is 3.32. The van der Waals surface area contributed by atoms with E-state index in [1.165, 1.54) is 0 Å². The monoisotopic (exact) mass is 254 g/mol. The van der Waals surface area contributed by atoms with E-state index in [0.29, 0.717) is 23.8 Å². The van der Waals surface area contributed by atoms with Crippen molar-refractivity contribution >= 4 is 17.4 Å². The fourth-order valence-corrected chi connectivity index (χ4v) is 1.95. The van der Waals surface area contributed by atoms with Gasteiger partial charge in [0, 0.05) is 11.8 Å². The van der Waals surface area contributed by atoms with Crippen LogP contribution in [0.25, 0.3) is 0 Å². The highest BCUT2D eigenvalue weighted by Crippen LogP contribution is 2.49. The molecule has 4 nitrogen and oxygen atoms in total. The number of oxime groups is 1. The SMILES string of the molecule is NC(CC1(COc2ccccc2Cl)CC1)=NO. The minimum absolute atomic E-state index is 0.0233. The second-order valence-corrected chi connectivity index (χ2v) is 4.89. The van der Waals surface area contributed by atoms with Gasteiger partial charge in [0.25, 0.3) is 0 Å². The first-order chi connectivity index (χ1) is 8.15. The third kappa shape index (κ3) is 3.03. The van der Waals surface area contributed by atoms with Crippen molar-refractivity contribution in [2.75, 3.05) is 6.61 Å². The summed E-state index contributed by atoms with van der Waals surface area (Å²) in [6.45, 7) is 0.549. The molecular formula is C12H15ClN2O2. The number of para-hydroxylation sites is 1. The molecule has 0 radical (unpaired) electrons. The highest BCUT2D eigenvalue weighted by Gasteiger charge is 2.44. The molecule has 2 rings (SSSR count). The molecule has 3 N–H and O–H groups in total. The fraction of sp³-hybridized carbons (Fsp3) is 0.417. The van der Waals surface area contributed by atoms with E-state index in [9.17, 15) is 0 Å². The van der Waals surface area contributed by atoms with Gasteiger partial charge < -0.3 is 15.7 Å². The van der Waals surface area contributed by atoms with Crippen molar-refractivity contribution in [2.45, 2.75) is 19.3 Å². The number of hydrogen-bond donors (Lipinski definition) is 2. The third-order valence-electron chi connectivity index (χ3n) is 3.01. The molecule has 1 aromatic carbocycles. The summed E-state index contributed by atoms with van der Waals surface area (Å²) in [4.78, 5) is 0. The van der Waals surface area contributed by atoms with Gasteiger partial charge in [0.05, 0.1) is 11.6 Å². The van der Waals surface area contributed by atoms with E-state index in [1.807, 2.05) is 18.2 Å². The number of ether oxygens (including phenoxy) is 1. The summed E-state index contributed by atoms with van der Waals surface area (Å²) in [5, 5.41) is 12.2. The number of amidine groups is 1. The van der Waals surface area contributed by atoms with Crippen LogP contribution in [-0.4, -0.2) is 17.6 Å². The van der Waals surface area contributed by atoms with Crippen LogP contribution in [0, 0.1) is 5.41 Å². The van der Waals surface area contributed by atoms with E-state index in [4.69, 9.17) is 27.3 Å². The Labute approximate surface area is 105 Å². The van der Waals surface area contributed by atoms with E-state index in [2.05, 4.69) is 5.16 Å². The average molecular weight is 255 g/mol. The Balaban J connectivity index is 1.92. The average Bonchev–Trinajstić information content (AvgIpc) is 3.08. The quantitative estimate of drug-likeness (QED) is 0.367. The van der Waals surface area contributed by atoms with Crippen LogP contribution in [0.4, 0.5) is 0 Å². The van der Waals surface area contributed by atoms with Crippen LogP contribution >= 0.6 is 11.6 Å². The second-order valence-electron chi connectivity index (χ2n) is 4.49. The lowest BCUT2D eigenvalue weighted by molar-refractivity contribution is 0.236. The number of halogens is 1. The molecule has 0 spiro atoms. The first-order valence-electron chi connectivity index (χ1n) is 5.49. The van der Waals surface area contributed by atoms with Gasteiger partial charge in [-0.05, 0) is 25.0 Å². The summed E-state index contributed by atoms with van der Waals surface area (Å²) in [7, 11) is 0. The predicted molar refractivity (Wildman–Crippen MR) is 66.6 cm³/mol. The van der Waals surface area contributed by atoms with Crippen molar-refractivity contribution in [1.82, 2.24) is 0 Å². The zero-order valence-electron chi connectivity index (χ0n) is 9.40. The molecule has 1 aromatic rings. The molecule has 0 saturated heterocycles. The topological polar surface area (TPSA) is 67.8 Å². The molecule has 0 amide bonds. The molecule has 1 fully saturated rings. The van der Waals surface area contributed by atoms with E-state index in [-0.39, 0.29) is 11.3 Å². The molecule has 1 aliphatic rings. The van der Waals surface area contributed by atoms with Gasteiger partial charge in [0.2, 0.25) is 0 Å². The molecule has 1 aliphatic carbocycles. The number of rotatable bonds is 5. The zero-order valence-corrected chi connectivity index (χ0v) is 10.2. The van der Waals surface area contributed by atoms with Gasteiger partial charge in [-0.3, -0.25) is 0 Å². The normalized spacial score (nSPS) is 17.8. The van der Waals surface area contributed by atoms with Crippen molar-refractivity contribution < 1.29 is 9.94 Å². The maximum Gasteiger partial charge on any atom is 0.139 e.